The van der Waals surface area contributed by atoms with E-state index in [9.17, 15) is 4.79 Å². The number of alkyl halides is 3. The van der Waals surface area contributed by atoms with Crippen molar-refractivity contribution >= 4 is 40.7 Å². The molecule has 1 aliphatic rings. The van der Waals surface area contributed by atoms with Gasteiger partial charge in [-0.25, -0.2) is 0 Å². The fraction of sp³-hybridized carbons (Fsp3) is 0.875. The SMILES string of the molecule is CC(=O)N[C@@H](N1CCOCC1)C(Cl)(Cl)Cl. The van der Waals surface area contributed by atoms with Gasteiger partial charge in [0.1, 0.15) is 6.17 Å². The summed E-state index contributed by atoms with van der Waals surface area (Å²) >= 11 is 17.4. The number of nitrogens with zero attached hydrogens (tertiary/aromatic N) is 1. The molecule has 1 fully saturated rings. The summed E-state index contributed by atoms with van der Waals surface area (Å²) in [7, 11) is 0. The van der Waals surface area contributed by atoms with E-state index in [1.165, 1.54) is 6.92 Å². The van der Waals surface area contributed by atoms with Crippen LogP contribution in [-0.4, -0.2) is 47.1 Å². The van der Waals surface area contributed by atoms with E-state index in [1.54, 1.807) is 0 Å². The van der Waals surface area contributed by atoms with Crippen molar-refractivity contribution in [2.75, 3.05) is 26.3 Å². The Hall–Kier alpha value is 0.260. The molecule has 4 nitrogen and oxygen atoms in total. The van der Waals surface area contributed by atoms with Crippen molar-refractivity contribution in [3.05, 3.63) is 0 Å². The van der Waals surface area contributed by atoms with E-state index in [0.29, 0.717) is 26.3 Å². The van der Waals surface area contributed by atoms with Crippen molar-refractivity contribution < 1.29 is 9.53 Å². The highest BCUT2D eigenvalue weighted by atomic mass is 35.6. The fourth-order valence-electron chi connectivity index (χ4n) is 1.41. The lowest BCUT2D eigenvalue weighted by Crippen LogP contribution is -2.57. The maximum atomic E-state index is 11.0. The fourth-order valence-corrected chi connectivity index (χ4v) is 1.99. The van der Waals surface area contributed by atoms with Gasteiger partial charge in [0.2, 0.25) is 9.70 Å². The van der Waals surface area contributed by atoms with Crippen LogP contribution in [0.15, 0.2) is 0 Å². The van der Waals surface area contributed by atoms with Crippen LogP contribution in [0.5, 0.6) is 0 Å². The number of hydrogen-bond acceptors (Lipinski definition) is 3. The molecular weight excluding hydrogens is 262 g/mol. The molecule has 0 aromatic heterocycles. The highest BCUT2D eigenvalue weighted by Crippen LogP contribution is 2.32. The van der Waals surface area contributed by atoms with Gasteiger partial charge in [-0.15, -0.1) is 0 Å². The molecule has 0 aromatic carbocycles. The molecule has 0 unspecified atom stereocenters. The van der Waals surface area contributed by atoms with E-state index in [0.717, 1.165) is 0 Å². The van der Waals surface area contributed by atoms with Gasteiger partial charge >= 0.3 is 0 Å². The third-order valence-corrected chi connectivity index (χ3v) is 2.68. The number of nitrogens with one attached hydrogen (secondary N) is 1. The molecule has 15 heavy (non-hydrogen) atoms. The van der Waals surface area contributed by atoms with Gasteiger partial charge < -0.3 is 10.1 Å². The number of morpholine rings is 1. The molecule has 1 aliphatic heterocycles. The van der Waals surface area contributed by atoms with E-state index in [1.807, 2.05) is 4.90 Å². The normalized spacial score (nSPS) is 21.1. The van der Waals surface area contributed by atoms with Crippen LogP contribution in [0.3, 0.4) is 0 Å². The second kappa shape index (κ2) is 5.55. The van der Waals surface area contributed by atoms with Gasteiger partial charge in [-0.1, -0.05) is 34.8 Å². The van der Waals surface area contributed by atoms with Crippen LogP contribution >= 0.6 is 34.8 Å². The van der Waals surface area contributed by atoms with Gasteiger partial charge in [0.25, 0.3) is 0 Å². The summed E-state index contributed by atoms with van der Waals surface area (Å²) in [5.74, 6) is -0.224. The molecular formula is C8H13Cl3N2O2. The van der Waals surface area contributed by atoms with E-state index in [-0.39, 0.29) is 5.91 Å². The maximum Gasteiger partial charge on any atom is 0.223 e. The maximum absolute atomic E-state index is 11.0. The van der Waals surface area contributed by atoms with Gasteiger partial charge in [-0.05, 0) is 0 Å². The zero-order chi connectivity index (χ0) is 11.5. The van der Waals surface area contributed by atoms with Crippen LogP contribution in [0.1, 0.15) is 6.92 Å². The molecule has 1 atom stereocenters. The van der Waals surface area contributed by atoms with Crippen molar-refractivity contribution in [2.45, 2.75) is 16.9 Å². The molecule has 0 saturated carbocycles. The summed E-state index contributed by atoms with van der Waals surface area (Å²) in [5, 5.41) is 2.63. The molecule has 0 radical (unpaired) electrons. The van der Waals surface area contributed by atoms with Crippen LogP contribution in [0, 0.1) is 0 Å². The summed E-state index contributed by atoms with van der Waals surface area (Å²) in [6, 6.07) is 0. The average Bonchev–Trinajstić information content (AvgIpc) is 2.14. The minimum absolute atomic E-state index is 0.224. The van der Waals surface area contributed by atoms with E-state index in [2.05, 4.69) is 5.32 Å². The first kappa shape index (κ1) is 13.3. The summed E-state index contributed by atoms with van der Waals surface area (Å²) in [4.78, 5) is 12.9. The first-order valence-corrected chi connectivity index (χ1v) is 5.70. The Morgan fingerprint density at radius 3 is 2.33 bits per heavy atom. The van der Waals surface area contributed by atoms with Crippen LogP contribution in [0.25, 0.3) is 0 Å². The Balaban J connectivity index is 2.66. The van der Waals surface area contributed by atoms with Gasteiger partial charge in [0.15, 0.2) is 0 Å². The molecule has 7 heteroatoms. The number of rotatable bonds is 2. The Bertz CT molecular complexity index is 226. The van der Waals surface area contributed by atoms with Crippen molar-refractivity contribution in [1.29, 1.82) is 0 Å². The van der Waals surface area contributed by atoms with Crippen molar-refractivity contribution in [1.82, 2.24) is 10.2 Å². The van der Waals surface area contributed by atoms with E-state index in [4.69, 9.17) is 39.5 Å². The molecule has 0 aliphatic carbocycles. The van der Waals surface area contributed by atoms with Gasteiger partial charge in [0.05, 0.1) is 13.2 Å². The molecule has 1 rings (SSSR count). The van der Waals surface area contributed by atoms with Crippen LogP contribution in [0.2, 0.25) is 0 Å². The number of carbonyl (C=O) groups excluding carboxylic acids is 1. The molecule has 1 N–H and O–H groups in total. The highest BCUT2D eigenvalue weighted by Gasteiger charge is 2.38. The summed E-state index contributed by atoms with van der Waals surface area (Å²) in [6.07, 6.45) is -0.608. The number of halogens is 3. The first-order chi connectivity index (χ1) is 6.91. The largest absolute Gasteiger partial charge is 0.379 e. The quantitative estimate of drug-likeness (QED) is 0.769. The number of amides is 1. The number of ether oxygens (including phenoxy) is 1. The van der Waals surface area contributed by atoms with Crippen molar-refractivity contribution in [3.8, 4) is 0 Å². The Kier molecular flexibility index (Phi) is 4.93. The summed E-state index contributed by atoms with van der Waals surface area (Å²) in [5.41, 5.74) is 0. The summed E-state index contributed by atoms with van der Waals surface area (Å²) < 4.78 is 3.65. The zero-order valence-corrected chi connectivity index (χ0v) is 10.6. The Morgan fingerprint density at radius 2 is 1.93 bits per heavy atom. The van der Waals surface area contributed by atoms with Gasteiger partial charge in [0, 0.05) is 20.0 Å². The number of hydrogen-bond donors (Lipinski definition) is 1. The minimum Gasteiger partial charge on any atom is -0.379 e. The van der Waals surface area contributed by atoms with E-state index < -0.39 is 9.96 Å². The lowest BCUT2D eigenvalue weighted by Gasteiger charge is -2.38. The van der Waals surface area contributed by atoms with Gasteiger partial charge in [-0.2, -0.15) is 0 Å². The smallest absolute Gasteiger partial charge is 0.223 e. The third kappa shape index (κ3) is 4.33. The second-order valence-electron chi connectivity index (χ2n) is 3.29. The molecule has 1 heterocycles. The van der Waals surface area contributed by atoms with E-state index >= 15 is 0 Å². The van der Waals surface area contributed by atoms with Crippen LogP contribution < -0.4 is 5.32 Å². The second-order valence-corrected chi connectivity index (χ2v) is 5.66. The molecule has 0 spiro atoms. The van der Waals surface area contributed by atoms with Crippen LogP contribution in [-0.2, 0) is 9.53 Å². The predicted molar refractivity (Wildman–Crippen MR) is 60.3 cm³/mol. The standard InChI is InChI=1S/C8H13Cl3N2O2/c1-6(14)12-7(8(9,10)11)13-2-4-15-5-3-13/h7H,2-5H2,1H3,(H,12,14)/t7-/m0/s1. The highest BCUT2D eigenvalue weighted by molar-refractivity contribution is 6.68. The summed E-state index contributed by atoms with van der Waals surface area (Å²) in [6.45, 7) is 3.83. The van der Waals surface area contributed by atoms with Crippen molar-refractivity contribution in [2.24, 2.45) is 0 Å². The zero-order valence-electron chi connectivity index (χ0n) is 8.30. The molecule has 1 saturated heterocycles. The predicted octanol–water partition coefficient (Wildman–Crippen LogP) is 1.15. The Labute approximate surface area is 104 Å². The average molecular weight is 276 g/mol. The topological polar surface area (TPSA) is 41.6 Å². The third-order valence-electron chi connectivity index (χ3n) is 2.06. The molecule has 0 aromatic rings. The molecule has 0 bridgehead atoms. The molecule has 88 valence electrons. The van der Waals surface area contributed by atoms with Crippen LogP contribution in [0.4, 0.5) is 0 Å². The molecule has 1 amide bonds. The van der Waals surface area contributed by atoms with Gasteiger partial charge in [-0.3, -0.25) is 9.69 Å². The lowest BCUT2D eigenvalue weighted by atomic mass is 10.3. The Morgan fingerprint density at radius 1 is 1.40 bits per heavy atom. The number of carbonyl (C=O) groups is 1. The lowest BCUT2D eigenvalue weighted by molar-refractivity contribution is -0.121. The first-order valence-electron chi connectivity index (χ1n) is 4.57. The van der Waals surface area contributed by atoms with Crippen molar-refractivity contribution in [3.63, 3.8) is 0 Å². The monoisotopic (exact) mass is 274 g/mol. The minimum atomic E-state index is -1.54.